The van der Waals surface area contributed by atoms with Gasteiger partial charge in [0, 0.05) is 6.42 Å². The van der Waals surface area contributed by atoms with Crippen LogP contribution < -0.4 is 5.32 Å². The molecule has 116 valence electrons. The van der Waals surface area contributed by atoms with Gasteiger partial charge in [0.15, 0.2) is 5.12 Å². The van der Waals surface area contributed by atoms with Crippen molar-refractivity contribution in [1.82, 2.24) is 5.32 Å². The Kier molecular flexibility index (Phi) is 8.29. The van der Waals surface area contributed by atoms with Gasteiger partial charge in [-0.05, 0) is 32.9 Å². The van der Waals surface area contributed by atoms with Gasteiger partial charge in [-0.3, -0.25) is 4.79 Å². The number of carbonyl (C=O) groups is 3. The van der Waals surface area contributed by atoms with Crippen LogP contribution in [-0.2, 0) is 19.1 Å². The number of amides is 1. The molecule has 0 spiro atoms. The molecule has 1 amide bonds. The first kappa shape index (κ1) is 18.8. The molecule has 0 aromatic heterocycles. The number of esters is 1. The second-order valence-electron chi connectivity index (χ2n) is 5.07. The van der Waals surface area contributed by atoms with Crippen LogP contribution in [0.4, 0.5) is 4.79 Å². The molecule has 1 unspecified atom stereocenters. The van der Waals surface area contributed by atoms with Crippen molar-refractivity contribution < 1.29 is 23.9 Å². The number of nitrogens with one attached hydrogen (secondary N) is 1. The van der Waals surface area contributed by atoms with E-state index in [0.29, 0.717) is 5.75 Å². The molecule has 0 radical (unpaired) electrons. The lowest BCUT2D eigenvalue weighted by Crippen LogP contribution is -2.44. The molecule has 0 aliphatic carbocycles. The first-order valence-electron chi connectivity index (χ1n) is 6.42. The summed E-state index contributed by atoms with van der Waals surface area (Å²) in [6, 6.07) is -0.878. The lowest BCUT2D eigenvalue weighted by atomic mass is 10.1. The summed E-state index contributed by atoms with van der Waals surface area (Å²) in [4.78, 5) is 34.6. The standard InChI is InChI=1S/C13H23NO5S/c1-6-20-10(15)8-7-9(11(16)18-5)14-12(17)19-13(2,3)4/h9H,6-8H2,1-5H3,(H,14,17). The van der Waals surface area contributed by atoms with Crippen LogP contribution in [0.1, 0.15) is 40.5 Å². The zero-order valence-corrected chi connectivity index (χ0v) is 13.5. The molecule has 0 aliphatic heterocycles. The highest BCUT2D eigenvalue weighted by atomic mass is 32.2. The second-order valence-corrected chi connectivity index (χ2v) is 6.39. The molecule has 0 aliphatic rings. The third-order valence-corrected chi connectivity index (χ3v) is 2.93. The van der Waals surface area contributed by atoms with Crippen molar-refractivity contribution in [2.75, 3.05) is 12.9 Å². The monoisotopic (exact) mass is 305 g/mol. The van der Waals surface area contributed by atoms with E-state index >= 15 is 0 Å². The van der Waals surface area contributed by atoms with Crippen LogP contribution in [0.25, 0.3) is 0 Å². The SMILES string of the molecule is CCSC(=O)CCC(NC(=O)OC(C)(C)C)C(=O)OC. The van der Waals surface area contributed by atoms with Gasteiger partial charge in [-0.15, -0.1) is 0 Å². The summed E-state index contributed by atoms with van der Waals surface area (Å²) in [6.07, 6.45) is -0.324. The smallest absolute Gasteiger partial charge is 0.408 e. The van der Waals surface area contributed by atoms with Crippen LogP contribution >= 0.6 is 11.8 Å². The van der Waals surface area contributed by atoms with Crippen LogP contribution in [0.5, 0.6) is 0 Å². The fraction of sp³-hybridized carbons (Fsp3) is 0.769. The number of rotatable bonds is 6. The average Bonchev–Trinajstić information content (AvgIpc) is 2.31. The number of methoxy groups -OCH3 is 1. The number of hydrogen-bond acceptors (Lipinski definition) is 6. The van der Waals surface area contributed by atoms with E-state index < -0.39 is 23.7 Å². The highest BCUT2D eigenvalue weighted by Crippen LogP contribution is 2.11. The van der Waals surface area contributed by atoms with Crippen LogP contribution in [0.15, 0.2) is 0 Å². The maximum atomic E-state index is 11.6. The first-order valence-corrected chi connectivity index (χ1v) is 7.41. The van der Waals surface area contributed by atoms with Crippen molar-refractivity contribution >= 4 is 28.9 Å². The fourth-order valence-corrected chi connectivity index (χ4v) is 1.92. The molecule has 7 heteroatoms. The minimum atomic E-state index is -0.878. The van der Waals surface area contributed by atoms with Gasteiger partial charge in [-0.1, -0.05) is 18.7 Å². The van der Waals surface area contributed by atoms with Gasteiger partial charge < -0.3 is 14.8 Å². The van der Waals surface area contributed by atoms with Crippen molar-refractivity contribution in [3.63, 3.8) is 0 Å². The number of thioether (sulfide) groups is 1. The summed E-state index contributed by atoms with van der Waals surface area (Å²) in [5, 5.41) is 2.40. The highest BCUT2D eigenvalue weighted by molar-refractivity contribution is 8.13. The maximum Gasteiger partial charge on any atom is 0.408 e. The van der Waals surface area contributed by atoms with Crippen molar-refractivity contribution in [1.29, 1.82) is 0 Å². The molecule has 0 aromatic carbocycles. The van der Waals surface area contributed by atoms with Crippen LogP contribution in [0.3, 0.4) is 0 Å². The van der Waals surface area contributed by atoms with E-state index in [1.807, 2.05) is 6.92 Å². The lowest BCUT2D eigenvalue weighted by Gasteiger charge is -2.22. The third-order valence-electron chi connectivity index (χ3n) is 2.12. The molecular weight excluding hydrogens is 282 g/mol. The molecule has 6 nitrogen and oxygen atoms in total. The van der Waals surface area contributed by atoms with E-state index in [4.69, 9.17) is 4.74 Å². The van der Waals surface area contributed by atoms with Crippen molar-refractivity contribution in [2.45, 2.75) is 52.2 Å². The van der Waals surface area contributed by atoms with E-state index in [2.05, 4.69) is 10.1 Å². The molecule has 0 saturated heterocycles. The largest absolute Gasteiger partial charge is 0.467 e. The maximum absolute atomic E-state index is 11.6. The molecule has 0 saturated carbocycles. The van der Waals surface area contributed by atoms with Gasteiger partial charge in [0.05, 0.1) is 7.11 Å². The average molecular weight is 305 g/mol. The summed E-state index contributed by atoms with van der Waals surface area (Å²) < 4.78 is 9.68. The number of alkyl carbamates (subject to hydrolysis) is 1. The summed E-state index contributed by atoms with van der Waals surface area (Å²) in [7, 11) is 1.23. The van der Waals surface area contributed by atoms with E-state index in [9.17, 15) is 14.4 Å². The Bertz CT molecular complexity index is 351. The third kappa shape index (κ3) is 8.79. The summed E-state index contributed by atoms with van der Waals surface area (Å²) >= 11 is 1.19. The minimum absolute atomic E-state index is 0.0209. The van der Waals surface area contributed by atoms with Gasteiger partial charge in [-0.25, -0.2) is 9.59 Å². The fourth-order valence-electron chi connectivity index (χ4n) is 1.34. The number of carbonyl (C=O) groups excluding carboxylic acids is 3. The predicted molar refractivity (Wildman–Crippen MR) is 77.5 cm³/mol. The zero-order chi connectivity index (χ0) is 15.8. The first-order chi connectivity index (χ1) is 9.19. The van der Waals surface area contributed by atoms with E-state index in [0.717, 1.165) is 0 Å². The van der Waals surface area contributed by atoms with E-state index in [1.54, 1.807) is 20.8 Å². The Hall–Kier alpha value is -1.24. The quantitative estimate of drug-likeness (QED) is 0.757. The minimum Gasteiger partial charge on any atom is -0.467 e. The van der Waals surface area contributed by atoms with Crippen molar-refractivity contribution in [2.24, 2.45) is 0 Å². The van der Waals surface area contributed by atoms with Gasteiger partial charge in [0.25, 0.3) is 0 Å². The molecule has 0 bridgehead atoms. The van der Waals surface area contributed by atoms with Crippen molar-refractivity contribution in [3.8, 4) is 0 Å². The lowest BCUT2D eigenvalue weighted by molar-refractivity contribution is -0.143. The summed E-state index contributed by atoms with van der Waals surface area (Å²) in [5.74, 6) is 0.0893. The Morgan fingerprint density at radius 2 is 1.85 bits per heavy atom. The molecule has 0 aromatic rings. The normalized spacial score (nSPS) is 12.4. The Morgan fingerprint density at radius 1 is 1.25 bits per heavy atom. The van der Waals surface area contributed by atoms with Crippen LogP contribution in [0.2, 0.25) is 0 Å². The Morgan fingerprint density at radius 3 is 2.30 bits per heavy atom. The molecule has 0 heterocycles. The van der Waals surface area contributed by atoms with Gasteiger partial charge in [0.2, 0.25) is 0 Å². The Labute approximate surface area is 124 Å². The zero-order valence-electron chi connectivity index (χ0n) is 12.6. The van der Waals surface area contributed by atoms with Gasteiger partial charge >= 0.3 is 12.1 Å². The molecule has 1 atom stereocenters. The molecule has 0 fully saturated rings. The molecule has 20 heavy (non-hydrogen) atoms. The molecule has 1 N–H and O–H groups in total. The van der Waals surface area contributed by atoms with E-state index in [1.165, 1.54) is 18.9 Å². The van der Waals surface area contributed by atoms with Crippen LogP contribution in [-0.4, -0.2) is 41.7 Å². The summed E-state index contributed by atoms with van der Waals surface area (Å²) in [5.41, 5.74) is -0.654. The van der Waals surface area contributed by atoms with E-state index in [-0.39, 0.29) is 18.0 Å². The van der Waals surface area contributed by atoms with Crippen molar-refractivity contribution in [3.05, 3.63) is 0 Å². The highest BCUT2D eigenvalue weighted by Gasteiger charge is 2.25. The van der Waals surface area contributed by atoms with Crippen LogP contribution in [0, 0.1) is 0 Å². The predicted octanol–water partition coefficient (Wildman–Crippen LogP) is 2.11. The summed E-state index contributed by atoms with van der Waals surface area (Å²) in [6.45, 7) is 7.04. The number of ether oxygens (including phenoxy) is 2. The van der Waals surface area contributed by atoms with Gasteiger partial charge in [0.1, 0.15) is 11.6 Å². The topological polar surface area (TPSA) is 81.7 Å². The van der Waals surface area contributed by atoms with Gasteiger partial charge in [-0.2, -0.15) is 0 Å². The Balaban J connectivity index is 4.46. The second kappa shape index (κ2) is 8.84. The molecular formula is C13H23NO5S. The molecule has 0 rings (SSSR count). The number of hydrogen-bond donors (Lipinski definition) is 1.